The third-order valence-electron chi connectivity index (χ3n) is 6.67. The molecule has 33 heavy (non-hydrogen) atoms. The zero-order valence-corrected chi connectivity index (χ0v) is 20.4. The summed E-state index contributed by atoms with van der Waals surface area (Å²) in [6.07, 6.45) is 3.03. The summed E-state index contributed by atoms with van der Waals surface area (Å²) in [4.78, 5) is 15.4. The predicted octanol–water partition coefficient (Wildman–Crippen LogP) is 6.05. The molecule has 0 bridgehead atoms. The van der Waals surface area contributed by atoms with Crippen molar-refractivity contribution in [1.82, 2.24) is 10.1 Å². The molecule has 0 spiro atoms. The van der Waals surface area contributed by atoms with Gasteiger partial charge in [-0.3, -0.25) is 4.79 Å². The van der Waals surface area contributed by atoms with E-state index < -0.39 is 0 Å². The van der Waals surface area contributed by atoms with Crippen LogP contribution in [0, 0.1) is 12.8 Å². The molecule has 5 nitrogen and oxygen atoms in total. The summed E-state index contributed by atoms with van der Waals surface area (Å²) in [5.74, 6) is 2.05. The fourth-order valence-corrected chi connectivity index (χ4v) is 4.53. The van der Waals surface area contributed by atoms with Gasteiger partial charge < -0.3 is 14.2 Å². The molecular weight excluding hydrogens is 412 g/mol. The van der Waals surface area contributed by atoms with E-state index in [4.69, 9.17) is 9.26 Å². The van der Waals surface area contributed by atoms with Crippen LogP contribution in [0.2, 0.25) is 0 Å². The fourth-order valence-electron chi connectivity index (χ4n) is 4.53. The number of carbonyl (C=O) groups is 1. The van der Waals surface area contributed by atoms with E-state index in [1.54, 1.807) is 7.11 Å². The van der Waals surface area contributed by atoms with Gasteiger partial charge in [-0.05, 0) is 60.8 Å². The minimum Gasteiger partial charge on any atom is -0.497 e. The monoisotopic (exact) mass is 446 g/mol. The van der Waals surface area contributed by atoms with Crippen molar-refractivity contribution in [2.24, 2.45) is 5.92 Å². The molecule has 1 saturated heterocycles. The number of methoxy groups -OCH3 is 1. The highest BCUT2D eigenvalue weighted by Gasteiger charge is 2.29. The molecule has 4 rings (SSSR count). The van der Waals surface area contributed by atoms with Gasteiger partial charge in [-0.2, -0.15) is 0 Å². The van der Waals surface area contributed by atoms with Crippen molar-refractivity contribution < 1.29 is 14.1 Å². The molecule has 1 aliphatic heterocycles. The first-order valence-electron chi connectivity index (χ1n) is 11.8. The second kappa shape index (κ2) is 9.42. The average Bonchev–Trinajstić information content (AvgIpc) is 3.20. The number of amides is 1. The minimum absolute atomic E-state index is 0.0199. The molecule has 0 saturated carbocycles. The highest BCUT2D eigenvalue weighted by atomic mass is 16.5. The summed E-state index contributed by atoms with van der Waals surface area (Å²) in [6.45, 7) is 9.93. The molecule has 5 heteroatoms. The third-order valence-corrected chi connectivity index (χ3v) is 6.67. The van der Waals surface area contributed by atoms with Crippen molar-refractivity contribution in [2.45, 2.75) is 52.4 Å². The number of carbonyl (C=O) groups excluding carboxylic acids is 1. The molecule has 0 atom stereocenters. The Kier molecular flexibility index (Phi) is 6.59. The van der Waals surface area contributed by atoms with E-state index in [-0.39, 0.29) is 11.3 Å². The lowest BCUT2D eigenvalue weighted by molar-refractivity contribution is 0.0690. The Morgan fingerprint density at radius 1 is 1.06 bits per heavy atom. The highest BCUT2D eigenvalue weighted by Crippen LogP contribution is 2.31. The molecular formula is C28H34N2O3. The molecule has 0 aliphatic carbocycles. The lowest BCUT2D eigenvalue weighted by Gasteiger charge is -2.32. The maximum atomic E-state index is 13.4. The first-order valence-corrected chi connectivity index (χ1v) is 11.8. The number of benzene rings is 2. The van der Waals surface area contributed by atoms with Gasteiger partial charge in [0.2, 0.25) is 0 Å². The van der Waals surface area contributed by atoms with Crippen LogP contribution in [0.3, 0.4) is 0 Å². The van der Waals surface area contributed by atoms with Crippen molar-refractivity contribution in [1.29, 1.82) is 0 Å². The number of aryl methyl sites for hydroxylation is 1. The summed E-state index contributed by atoms with van der Waals surface area (Å²) in [7, 11) is 1.69. The largest absolute Gasteiger partial charge is 0.497 e. The van der Waals surface area contributed by atoms with Gasteiger partial charge in [-0.25, -0.2) is 0 Å². The first-order chi connectivity index (χ1) is 15.8. The standard InChI is InChI=1S/C28H34N2O3/c1-19-25(26(33-29-19)22-8-10-23(11-9-22)28(2,3)4)27(31)30-16-14-21(15-17-30)18-20-6-12-24(32-5)13-7-20/h6-13,21H,14-18H2,1-5H3. The van der Waals surface area contributed by atoms with Crippen molar-refractivity contribution in [3.05, 3.63) is 70.9 Å². The summed E-state index contributed by atoms with van der Waals surface area (Å²) < 4.78 is 10.9. The molecule has 174 valence electrons. The quantitative estimate of drug-likeness (QED) is 0.479. The SMILES string of the molecule is COc1ccc(CC2CCN(C(=O)c3c(C)noc3-c3ccc(C(C)(C)C)cc3)CC2)cc1. The zero-order valence-electron chi connectivity index (χ0n) is 20.4. The first kappa shape index (κ1) is 23.1. The zero-order chi connectivity index (χ0) is 23.6. The molecule has 1 amide bonds. The van der Waals surface area contributed by atoms with Crippen LogP contribution in [0.15, 0.2) is 53.1 Å². The van der Waals surface area contributed by atoms with Crippen LogP contribution in [-0.4, -0.2) is 36.2 Å². The Hall–Kier alpha value is -3.08. The molecule has 1 aliphatic rings. The van der Waals surface area contributed by atoms with Gasteiger partial charge in [0.25, 0.3) is 5.91 Å². The van der Waals surface area contributed by atoms with Crippen LogP contribution < -0.4 is 4.74 Å². The van der Waals surface area contributed by atoms with Crippen LogP contribution in [0.25, 0.3) is 11.3 Å². The number of hydrogen-bond acceptors (Lipinski definition) is 4. The van der Waals surface area contributed by atoms with Crippen LogP contribution in [0.4, 0.5) is 0 Å². The van der Waals surface area contributed by atoms with Gasteiger partial charge in [0.15, 0.2) is 5.76 Å². The highest BCUT2D eigenvalue weighted by molar-refractivity contribution is 6.00. The van der Waals surface area contributed by atoms with Gasteiger partial charge in [0, 0.05) is 18.7 Å². The summed E-state index contributed by atoms with van der Waals surface area (Å²) in [5, 5.41) is 4.13. The third kappa shape index (κ3) is 5.13. The summed E-state index contributed by atoms with van der Waals surface area (Å²) >= 11 is 0. The van der Waals surface area contributed by atoms with Crippen molar-refractivity contribution >= 4 is 5.91 Å². The van der Waals surface area contributed by atoms with Crippen molar-refractivity contribution in [2.75, 3.05) is 20.2 Å². The molecule has 1 fully saturated rings. The van der Waals surface area contributed by atoms with Gasteiger partial charge >= 0.3 is 0 Å². The van der Waals surface area contributed by atoms with E-state index in [1.165, 1.54) is 11.1 Å². The fraction of sp³-hybridized carbons (Fsp3) is 0.429. The normalized spacial score (nSPS) is 15.0. The van der Waals surface area contributed by atoms with Gasteiger partial charge in [-0.15, -0.1) is 0 Å². The molecule has 0 radical (unpaired) electrons. The van der Waals surface area contributed by atoms with E-state index in [1.807, 2.05) is 36.1 Å². The second-order valence-electron chi connectivity index (χ2n) is 10.1. The topological polar surface area (TPSA) is 55.6 Å². The molecule has 0 N–H and O–H groups in total. The van der Waals surface area contributed by atoms with Gasteiger partial charge in [0.1, 0.15) is 11.3 Å². The molecule has 2 heterocycles. The second-order valence-corrected chi connectivity index (χ2v) is 10.1. The van der Waals surface area contributed by atoms with E-state index in [9.17, 15) is 4.79 Å². The smallest absolute Gasteiger partial charge is 0.259 e. The van der Waals surface area contributed by atoms with E-state index in [0.29, 0.717) is 22.9 Å². The lowest BCUT2D eigenvalue weighted by Crippen LogP contribution is -2.39. The molecule has 0 unspecified atom stereocenters. The molecule has 2 aromatic carbocycles. The Morgan fingerprint density at radius 2 is 1.70 bits per heavy atom. The Bertz CT molecular complexity index is 1080. The van der Waals surface area contributed by atoms with E-state index in [0.717, 1.165) is 43.7 Å². The predicted molar refractivity (Wildman–Crippen MR) is 131 cm³/mol. The minimum atomic E-state index is 0.0199. The van der Waals surface area contributed by atoms with Gasteiger partial charge in [-0.1, -0.05) is 62.3 Å². The number of hydrogen-bond donors (Lipinski definition) is 0. The average molecular weight is 447 g/mol. The number of likely N-dealkylation sites (tertiary alicyclic amines) is 1. The molecule has 3 aromatic rings. The lowest BCUT2D eigenvalue weighted by atomic mass is 9.86. The molecule has 1 aromatic heterocycles. The van der Waals surface area contributed by atoms with Crippen LogP contribution in [0.5, 0.6) is 5.75 Å². The number of piperidine rings is 1. The van der Waals surface area contributed by atoms with Crippen molar-refractivity contribution in [3.8, 4) is 17.1 Å². The maximum absolute atomic E-state index is 13.4. The Morgan fingerprint density at radius 3 is 2.27 bits per heavy atom. The maximum Gasteiger partial charge on any atom is 0.259 e. The Labute approximate surface area is 196 Å². The number of nitrogens with zero attached hydrogens (tertiary/aromatic N) is 2. The Balaban J connectivity index is 1.43. The summed E-state index contributed by atoms with van der Waals surface area (Å²) in [5.41, 5.74) is 4.76. The van der Waals surface area contributed by atoms with Crippen molar-refractivity contribution in [3.63, 3.8) is 0 Å². The van der Waals surface area contributed by atoms with Crippen LogP contribution in [-0.2, 0) is 11.8 Å². The van der Waals surface area contributed by atoms with E-state index in [2.05, 4.69) is 50.2 Å². The number of aromatic nitrogens is 1. The van der Waals surface area contributed by atoms with Crippen LogP contribution >= 0.6 is 0 Å². The van der Waals surface area contributed by atoms with E-state index >= 15 is 0 Å². The number of rotatable bonds is 5. The van der Waals surface area contributed by atoms with Crippen LogP contribution in [0.1, 0.15) is 60.8 Å². The number of ether oxygens (including phenoxy) is 1. The summed E-state index contributed by atoms with van der Waals surface area (Å²) in [6, 6.07) is 16.5. The van der Waals surface area contributed by atoms with Gasteiger partial charge in [0.05, 0.1) is 12.8 Å².